The van der Waals surface area contributed by atoms with Crippen molar-refractivity contribution in [1.29, 1.82) is 5.41 Å². The quantitative estimate of drug-likeness (QED) is 0.0133. The van der Waals surface area contributed by atoms with Gasteiger partial charge in [0.1, 0.15) is 36.0 Å². The summed E-state index contributed by atoms with van der Waals surface area (Å²) in [5.74, 6) is -26.8. The van der Waals surface area contributed by atoms with Gasteiger partial charge in [-0.25, -0.2) is 0 Å². The van der Waals surface area contributed by atoms with E-state index in [4.69, 9.17) is 55.0 Å². The number of hydrogen-bond donors (Lipinski definition) is 19. The number of ether oxygens (including phenoxy) is 2. The third-order valence-electron chi connectivity index (χ3n) is 22.7. The molecule has 0 aliphatic carbocycles. The number of aliphatic hydroxyl groups is 1. The molecule has 1 aromatic heterocycles. The third-order valence-corrected chi connectivity index (χ3v) is 23.9. The van der Waals surface area contributed by atoms with Gasteiger partial charge in [-0.3, -0.25) is 96.5 Å². The summed E-state index contributed by atoms with van der Waals surface area (Å²) in [6.45, 7) is 2.19. The predicted octanol–water partition coefficient (Wildman–Crippen LogP) is -0.466. The summed E-state index contributed by atoms with van der Waals surface area (Å²) in [5, 5.41) is 52.2. The fourth-order valence-electron chi connectivity index (χ4n) is 15.5. The summed E-state index contributed by atoms with van der Waals surface area (Å²) in [6.07, 6.45) is -10.1. The smallest absolute Gasteiger partial charge is 0.303 e. The summed E-state index contributed by atoms with van der Waals surface area (Å²) in [7, 11) is 0. The molecule has 4 aromatic carbocycles. The molecule has 0 radical (unpaired) electrons. The Hall–Kier alpha value is -12.9. The van der Waals surface area contributed by atoms with Crippen molar-refractivity contribution in [3.05, 3.63) is 114 Å². The number of ketones is 5. The van der Waals surface area contributed by atoms with E-state index in [9.17, 15) is 67.7 Å². The topological polar surface area (TPSA) is 701 Å². The molecule has 2 aliphatic rings. The first-order valence-corrected chi connectivity index (χ1v) is 44.2. The van der Waals surface area contributed by atoms with Crippen molar-refractivity contribution in [2.45, 2.75) is 215 Å². The molecule has 2 aliphatic heterocycles. The van der Waals surface area contributed by atoms with E-state index in [-0.39, 0.29) is 97.2 Å². The second kappa shape index (κ2) is 51.3. The molecular weight excluding hydrogens is 1710 g/mol. The van der Waals surface area contributed by atoms with Crippen LogP contribution in [0, 0.1) is 35.0 Å². The van der Waals surface area contributed by atoms with Crippen LogP contribution in [0.25, 0.3) is 21.7 Å². The number of nitrogens with one attached hydrogen (secondary N) is 10. The van der Waals surface area contributed by atoms with Crippen molar-refractivity contribution < 1.29 is 112 Å². The maximum atomic E-state index is 16.0. The van der Waals surface area contributed by atoms with Crippen molar-refractivity contribution in [2.75, 3.05) is 37.9 Å². The summed E-state index contributed by atoms with van der Waals surface area (Å²) >= 11 is 0.955. The number of rotatable bonds is 47. The maximum Gasteiger partial charge on any atom is 0.303 e. The van der Waals surface area contributed by atoms with Crippen LogP contribution in [0.4, 0.5) is 0 Å². The Morgan fingerprint density at radius 1 is 0.623 bits per heavy atom. The molecule has 7 rings (SSSR count). The Bertz CT molecular complexity index is 4950. The molecule has 40 nitrogen and oxygen atoms in total. The van der Waals surface area contributed by atoms with Crippen molar-refractivity contribution in [2.24, 2.45) is 69.7 Å². The van der Waals surface area contributed by atoms with E-state index in [1.165, 1.54) is 0 Å². The highest BCUT2D eigenvalue weighted by molar-refractivity contribution is 7.99. The van der Waals surface area contributed by atoms with Crippen LogP contribution in [-0.4, -0.2) is 225 Å². The number of carbonyl (C=O) groups excluding carboxylic acids is 18. The lowest BCUT2D eigenvalue weighted by Gasteiger charge is -2.38. The maximum absolute atomic E-state index is 16.0. The zero-order chi connectivity index (χ0) is 95.5. The molecule has 5 aromatic rings. The Balaban J connectivity index is 0.0000264. The van der Waals surface area contributed by atoms with Gasteiger partial charge in [-0.15, -0.1) is 0 Å². The number of aliphatic carboxylic acids is 1. The van der Waals surface area contributed by atoms with E-state index in [1.807, 2.05) is 6.07 Å². The molecule has 2 fully saturated rings. The van der Waals surface area contributed by atoms with Gasteiger partial charge in [-0.1, -0.05) is 79.2 Å². The number of Topliss-reactive ketones (excluding diaryl/α,β-unsaturated/α-hetero) is 5. The minimum Gasteiger partial charge on any atom is -0.492 e. The van der Waals surface area contributed by atoms with E-state index in [2.05, 4.69) is 47.5 Å². The van der Waals surface area contributed by atoms with E-state index in [1.54, 1.807) is 91.1 Å². The number of fused-ring (bicyclic) bond motifs is 2. The number of H-pyrrole nitrogens is 1. The standard InChI is InChI=1S/C89H119N17O23S.H2/c1-48(107)80-88(127)104-68(38-58-46-98-62-12-6-5-11-61(58)62)87(126)100-63(23-25-76(94)115)70(110)42-59(47-130-34-27-64(69(109)39-54(83(122)105-80)19-24-75(93)114)101-86(125)65(99-49(2)108)13-7-8-14-74(91)92)84(123)102-66(37-50-16-21-60(22-17-50)129-33-30-90)72(112)41-57(36-51-15-18-52-9-3-4-10-53(52)35-51)85(124)106-89(28-31-128-32-29-89)73(113)43-55(20-26-79(118)119)82(121)103-67(45-78(96)117)71(111)40-56(81(97)120)44-77(95)116;/h3-6,9-12,15-18,21-22,35,46,48,54-57,59,63-68,80,98,107H,7-8,13-14,19-20,23-34,36-45,47,90H2,1-2H3,(H3,91,92)(H2,93,114)(H2,94,115)(H2,95,116)(H2,96,117)(H2,97,120)(H,99,108)(H,100,126)(H,101,125)(H,102,123)(H,103,121)(H,104,127)(H,105,122)(H,106,124)(H,118,119);1H/i;1+1. The average molecular weight is 1830 g/mol. The first-order valence-electron chi connectivity index (χ1n) is 43.0. The number of aromatic amines is 1. The highest BCUT2D eigenvalue weighted by Gasteiger charge is 2.46. The van der Waals surface area contributed by atoms with Crippen LogP contribution in [-0.2, 0) is 115 Å². The van der Waals surface area contributed by atoms with Gasteiger partial charge in [0, 0.05) is 152 Å². The largest absolute Gasteiger partial charge is 0.492 e. The molecule has 0 saturated carbocycles. The zero-order valence-electron chi connectivity index (χ0n) is 72.7. The Labute approximate surface area is 755 Å². The molecule has 41 heteroatoms. The van der Waals surface area contributed by atoms with Crippen LogP contribution in [0.3, 0.4) is 0 Å². The Kier molecular flexibility index (Phi) is 41.1. The van der Waals surface area contributed by atoms with Gasteiger partial charge < -0.3 is 107 Å². The molecule has 13 unspecified atom stereocenters. The number of hydrogen-bond acceptors (Lipinski definition) is 25. The normalized spacial score (nSPS) is 19.4. The number of aliphatic hydroxyl groups excluding tert-OH is 1. The summed E-state index contributed by atoms with van der Waals surface area (Å²) in [5.41, 5.74) is 38.9. The van der Waals surface area contributed by atoms with Gasteiger partial charge in [0.2, 0.25) is 76.8 Å². The first kappa shape index (κ1) is 104. The number of unbranched alkanes of at least 4 members (excludes halogenated alkanes) is 1. The number of aromatic nitrogens is 1. The number of amidine groups is 1. The molecule has 706 valence electrons. The fraction of sp³-hybridized carbons (Fsp3) is 0.506. The number of amides is 13. The molecular formula is C89H121N17O23S. The Morgan fingerprint density at radius 2 is 1.27 bits per heavy atom. The molecule has 0 bridgehead atoms. The van der Waals surface area contributed by atoms with Gasteiger partial charge in [0.15, 0.2) is 28.9 Å². The third kappa shape index (κ3) is 33.6. The lowest BCUT2D eigenvalue weighted by molar-refractivity contribution is -0.142. The first-order chi connectivity index (χ1) is 61.7. The minimum atomic E-state index is -1.94. The van der Waals surface area contributed by atoms with Gasteiger partial charge in [-0.2, -0.15) is 11.8 Å². The minimum absolute atomic E-state index is 0. The lowest BCUT2D eigenvalue weighted by atomic mass is 9.79. The number of carboxylic acids is 1. The van der Waals surface area contributed by atoms with Crippen molar-refractivity contribution >= 4 is 151 Å². The van der Waals surface area contributed by atoms with Crippen LogP contribution in [0.1, 0.15) is 160 Å². The Morgan fingerprint density at radius 3 is 1.92 bits per heavy atom. The number of thioether (sulfide) groups is 1. The number of benzene rings is 4. The molecule has 13 atom stereocenters. The van der Waals surface area contributed by atoms with E-state index < -0.39 is 284 Å². The van der Waals surface area contributed by atoms with Crippen molar-refractivity contribution in [3.8, 4) is 5.75 Å². The van der Waals surface area contributed by atoms with Crippen LogP contribution in [0.2, 0.25) is 0 Å². The number of carboxylic acid groups (broad SMARTS) is 1. The highest BCUT2D eigenvalue weighted by Crippen LogP contribution is 2.32. The number of nitrogens with two attached hydrogens (primary N) is 7. The van der Waals surface area contributed by atoms with Gasteiger partial charge in [0.05, 0.1) is 54.4 Å². The number of primary amides is 5. The average Bonchev–Trinajstić information content (AvgIpc) is 1.76. The fourth-order valence-corrected chi connectivity index (χ4v) is 16.7. The van der Waals surface area contributed by atoms with Crippen molar-refractivity contribution in [3.63, 3.8) is 0 Å². The second-order valence-electron chi connectivity index (χ2n) is 33.0. The van der Waals surface area contributed by atoms with Crippen LogP contribution in [0.15, 0.2) is 97.2 Å². The zero-order valence-corrected chi connectivity index (χ0v) is 73.5. The van der Waals surface area contributed by atoms with Gasteiger partial charge in [0.25, 0.3) is 0 Å². The number of carbonyl (C=O) groups is 19. The van der Waals surface area contributed by atoms with E-state index in [0.717, 1.165) is 31.0 Å². The van der Waals surface area contributed by atoms with Crippen LogP contribution in [0.5, 0.6) is 5.75 Å². The highest BCUT2D eigenvalue weighted by atomic mass is 32.2. The molecule has 130 heavy (non-hydrogen) atoms. The SMILES string of the molecule is CC(=O)NC(CCCCC(=N)N)C(=O)NC1CCSCC(C(=O)NC(Cc2ccc(OCCN)cc2)C(=O)CC(Cc2ccc3ccccc3c2)C(=O)NC2(C(=O)CC(CCC(=O)O)C(=O)NC(CC(N)=O)C(=O)CC(CC(N)=O)C(N)=O)CCOCC2)CC(=O)C(CCC(N)=O)NC(=O)C(Cc2c[nH]c3ccccc23)NC(=O)C(C(C)O)NC(=O)C(CCC(N)=O)CC1=O.[2HH]. The van der Waals surface area contributed by atoms with Crippen LogP contribution >= 0.6 is 11.8 Å². The summed E-state index contributed by atoms with van der Waals surface area (Å²) < 4.78 is 11.5. The monoisotopic (exact) mass is 1830 g/mol. The molecule has 3 heterocycles. The van der Waals surface area contributed by atoms with Crippen LogP contribution < -0.4 is 87.4 Å². The van der Waals surface area contributed by atoms with E-state index in [0.29, 0.717) is 45.1 Å². The summed E-state index contributed by atoms with van der Waals surface area (Å²) in [6, 6.07) is 14.0. The molecule has 13 amide bonds. The lowest BCUT2D eigenvalue weighted by Crippen LogP contribution is -2.59. The predicted molar refractivity (Wildman–Crippen MR) is 477 cm³/mol. The molecule has 2 saturated heterocycles. The summed E-state index contributed by atoms with van der Waals surface area (Å²) in [4.78, 5) is 271. The second-order valence-corrected chi connectivity index (χ2v) is 34.2. The molecule has 26 N–H and O–H groups in total. The van der Waals surface area contributed by atoms with Gasteiger partial charge in [-0.05, 0) is 110 Å². The van der Waals surface area contributed by atoms with Gasteiger partial charge >= 0.3 is 5.97 Å². The molecule has 0 spiro atoms. The van der Waals surface area contributed by atoms with Crippen molar-refractivity contribution in [1.82, 2.24) is 47.5 Å². The van der Waals surface area contributed by atoms with E-state index >= 15 is 33.6 Å². The number of para-hydroxylation sites is 1.